The highest BCUT2D eigenvalue weighted by Crippen LogP contribution is 2.27. The molecule has 0 spiro atoms. The van der Waals surface area contributed by atoms with Crippen molar-refractivity contribution >= 4 is 21.8 Å². The molecular weight excluding hydrogens is 298 g/mol. The number of rotatable bonds is 5. The highest BCUT2D eigenvalue weighted by atomic mass is 16.5. The highest BCUT2D eigenvalue weighted by Gasteiger charge is 2.08. The predicted octanol–water partition coefficient (Wildman–Crippen LogP) is 4.01. The standard InChI is InChI=1S/C20H19N3O/c1-24-19-11-10-14-6-2-3-7-15(14)16(19)12-21-13-20-22-17-8-4-5-9-18(17)23-20/h2-11,21H,12-13H2,1H3,(H,22,23). The lowest BCUT2D eigenvalue weighted by Gasteiger charge is -2.12. The monoisotopic (exact) mass is 317 g/mol. The number of para-hydroxylation sites is 2. The van der Waals surface area contributed by atoms with E-state index in [2.05, 4.69) is 45.6 Å². The Bertz CT molecular complexity index is 957. The summed E-state index contributed by atoms with van der Waals surface area (Å²) < 4.78 is 5.54. The van der Waals surface area contributed by atoms with Crippen LogP contribution < -0.4 is 10.1 Å². The lowest BCUT2D eigenvalue weighted by Crippen LogP contribution is -2.14. The third-order valence-corrected chi connectivity index (χ3v) is 4.25. The molecule has 0 atom stereocenters. The van der Waals surface area contributed by atoms with Crippen LogP contribution in [0.5, 0.6) is 5.75 Å². The van der Waals surface area contributed by atoms with Gasteiger partial charge in [0.2, 0.25) is 0 Å². The van der Waals surface area contributed by atoms with Crippen molar-refractivity contribution in [2.75, 3.05) is 7.11 Å². The number of hydrogen-bond donors (Lipinski definition) is 2. The lowest BCUT2D eigenvalue weighted by molar-refractivity contribution is 0.408. The molecule has 0 saturated carbocycles. The van der Waals surface area contributed by atoms with Gasteiger partial charge in [-0.1, -0.05) is 42.5 Å². The minimum absolute atomic E-state index is 0.682. The molecule has 2 N–H and O–H groups in total. The maximum absolute atomic E-state index is 5.54. The second-order valence-corrected chi connectivity index (χ2v) is 5.77. The Kier molecular flexibility index (Phi) is 3.89. The van der Waals surface area contributed by atoms with E-state index in [0.29, 0.717) is 6.54 Å². The summed E-state index contributed by atoms with van der Waals surface area (Å²) in [6, 6.07) is 20.6. The molecular formula is C20H19N3O. The Labute approximate surface area is 140 Å². The number of ether oxygens (including phenoxy) is 1. The third kappa shape index (κ3) is 2.72. The number of nitrogens with one attached hydrogen (secondary N) is 2. The van der Waals surface area contributed by atoms with E-state index in [1.54, 1.807) is 7.11 Å². The fourth-order valence-electron chi connectivity index (χ4n) is 3.08. The zero-order valence-electron chi connectivity index (χ0n) is 13.5. The number of H-pyrrole nitrogens is 1. The molecule has 3 aromatic carbocycles. The van der Waals surface area contributed by atoms with Crippen LogP contribution in [-0.4, -0.2) is 17.1 Å². The van der Waals surface area contributed by atoms with Crippen LogP contribution in [0.3, 0.4) is 0 Å². The summed E-state index contributed by atoms with van der Waals surface area (Å²) in [7, 11) is 1.72. The number of benzene rings is 3. The number of imidazole rings is 1. The van der Waals surface area contributed by atoms with Crippen LogP contribution in [0.1, 0.15) is 11.4 Å². The Morgan fingerprint density at radius 3 is 2.67 bits per heavy atom. The number of nitrogens with zero attached hydrogens (tertiary/aromatic N) is 1. The normalized spacial score (nSPS) is 11.2. The minimum Gasteiger partial charge on any atom is -0.496 e. The van der Waals surface area contributed by atoms with Crippen molar-refractivity contribution in [1.82, 2.24) is 15.3 Å². The van der Waals surface area contributed by atoms with Crippen molar-refractivity contribution in [3.8, 4) is 5.75 Å². The average Bonchev–Trinajstić information content (AvgIpc) is 3.04. The SMILES string of the molecule is COc1ccc2ccccc2c1CNCc1nc2ccccc2[nH]1. The molecule has 0 amide bonds. The van der Waals surface area contributed by atoms with Crippen molar-refractivity contribution in [3.63, 3.8) is 0 Å². The molecule has 0 aliphatic rings. The smallest absolute Gasteiger partial charge is 0.123 e. The van der Waals surface area contributed by atoms with Crippen molar-refractivity contribution in [1.29, 1.82) is 0 Å². The van der Waals surface area contributed by atoms with Gasteiger partial charge < -0.3 is 15.0 Å². The third-order valence-electron chi connectivity index (χ3n) is 4.25. The summed E-state index contributed by atoms with van der Waals surface area (Å²) in [6.45, 7) is 1.41. The Morgan fingerprint density at radius 2 is 1.79 bits per heavy atom. The van der Waals surface area contributed by atoms with E-state index < -0.39 is 0 Å². The topological polar surface area (TPSA) is 49.9 Å². The van der Waals surface area contributed by atoms with Crippen molar-refractivity contribution in [2.24, 2.45) is 0 Å². The molecule has 4 aromatic rings. The van der Waals surface area contributed by atoms with Crippen molar-refractivity contribution < 1.29 is 4.74 Å². The minimum atomic E-state index is 0.682. The lowest BCUT2D eigenvalue weighted by atomic mass is 10.0. The average molecular weight is 317 g/mol. The molecule has 1 aromatic heterocycles. The van der Waals surface area contributed by atoms with Gasteiger partial charge in [-0.25, -0.2) is 4.98 Å². The summed E-state index contributed by atoms with van der Waals surface area (Å²) in [6.07, 6.45) is 0. The van der Waals surface area contributed by atoms with Gasteiger partial charge in [0, 0.05) is 12.1 Å². The molecule has 0 fully saturated rings. The highest BCUT2D eigenvalue weighted by molar-refractivity contribution is 5.87. The first-order valence-corrected chi connectivity index (χ1v) is 8.04. The van der Waals surface area contributed by atoms with E-state index in [4.69, 9.17) is 4.74 Å². The maximum atomic E-state index is 5.54. The Hall–Kier alpha value is -2.85. The molecule has 0 bridgehead atoms. The molecule has 0 saturated heterocycles. The van der Waals surface area contributed by atoms with Gasteiger partial charge in [0.25, 0.3) is 0 Å². The molecule has 0 aliphatic carbocycles. The number of fused-ring (bicyclic) bond motifs is 2. The molecule has 4 nitrogen and oxygen atoms in total. The van der Waals surface area contributed by atoms with Gasteiger partial charge >= 0.3 is 0 Å². The Balaban J connectivity index is 1.56. The van der Waals surface area contributed by atoms with Gasteiger partial charge in [0.1, 0.15) is 11.6 Å². The van der Waals surface area contributed by atoms with Crippen LogP contribution >= 0.6 is 0 Å². The van der Waals surface area contributed by atoms with Crippen LogP contribution in [0, 0.1) is 0 Å². The van der Waals surface area contributed by atoms with Crippen LogP contribution in [0.15, 0.2) is 60.7 Å². The zero-order valence-corrected chi connectivity index (χ0v) is 13.5. The number of hydrogen-bond acceptors (Lipinski definition) is 3. The summed E-state index contributed by atoms with van der Waals surface area (Å²) in [5, 5.41) is 5.91. The van der Waals surface area contributed by atoms with Crippen molar-refractivity contribution in [3.05, 3.63) is 72.1 Å². The van der Waals surface area contributed by atoms with Crippen LogP contribution in [0.25, 0.3) is 21.8 Å². The fraction of sp³-hybridized carbons (Fsp3) is 0.150. The van der Waals surface area contributed by atoms with E-state index in [1.165, 1.54) is 16.3 Å². The molecule has 0 radical (unpaired) electrons. The molecule has 120 valence electrons. The molecule has 0 aliphatic heterocycles. The van der Waals surface area contributed by atoms with Gasteiger partial charge in [0.15, 0.2) is 0 Å². The predicted molar refractivity (Wildman–Crippen MR) is 97.1 cm³/mol. The molecule has 1 heterocycles. The van der Waals surface area contributed by atoms with Gasteiger partial charge in [-0.15, -0.1) is 0 Å². The van der Waals surface area contributed by atoms with Gasteiger partial charge in [-0.05, 0) is 29.0 Å². The van der Waals surface area contributed by atoms with E-state index in [-0.39, 0.29) is 0 Å². The van der Waals surface area contributed by atoms with E-state index >= 15 is 0 Å². The maximum Gasteiger partial charge on any atom is 0.123 e. The van der Waals surface area contributed by atoms with Gasteiger partial charge in [0.05, 0.1) is 24.7 Å². The first-order chi connectivity index (χ1) is 11.8. The molecule has 4 rings (SSSR count). The summed E-state index contributed by atoms with van der Waals surface area (Å²) in [5.41, 5.74) is 3.24. The number of aromatic amines is 1. The largest absolute Gasteiger partial charge is 0.496 e. The molecule has 0 unspecified atom stereocenters. The quantitative estimate of drug-likeness (QED) is 0.584. The fourth-order valence-corrected chi connectivity index (χ4v) is 3.08. The second-order valence-electron chi connectivity index (χ2n) is 5.77. The molecule has 4 heteroatoms. The number of methoxy groups -OCH3 is 1. The van der Waals surface area contributed by atoms with E-state index in [0.717, 1.165) is 29.2 Å². The van der Waals surface area contributed by atoms with Crippen LogP contribution in [0.4, 0.5) is 0 Å². The summed E-state index contributed by atoms with van der Waals surface area (Å²) >= 11 is 0. The van der Waals surface area contributed by atoms with E-state index in [1.807, 2.05) is 30.3 Å². The zero-order chi connectivity index (χ0) is 16.4. The summed E-state index contributed by atoms with van der Waals surface area (Å²) in [5.74, 6) is 1.85. The van der Waals surface area contributed by atoms with Gasteiger partial charge in [-0.3, -0.25) is 0 Å². The first kappa shape index (κ1) is 14.7. The first-order valence-electron chi connectivity index (χ1n) is 8.04. The number of aromatic nitrogens is 2. The Morgan fingerprint density at radius 1 is 0.958 bits per heavy atom. The second kappa shape index (κ2) is 6.34. The van der Waals surface area contributed by atoms with Crippen LogP contribution in [0.2, 0.25) is 0 Å². The van der Waals surface area contributed by atoms with Gasteiger partial charge in [-0.2, -0.15) is 0 Å². The van der Waals surface area contributed by atoms with Crippen molar-refractivity contribution in [2.45, 2.75) is 13.1 Å². The summed E-state index contributed by atoms with van der Waals surface area (Å²) in [4.78, 5) is 7.94. The van der Waals surface area contributed by atoms with E-state index in [9.17, 15) is 0 Å². The van der Waals surface area contributed by atoms with Crippen LogP contribution in [-0.2, 0) is 13.1 Å². The molecule has 24 heavy (non-hydrogen) atoms.